The SMILES string of the molecule is Cc1nc(CNC(=O)N[C@@H]2CCN(Cc3ccccc3)C[C@@H]2C)no1. The maximum absolute atomic E-state index is 12.1. The summed E-state index contributed by atoms with van der Waals surface area (Å²) in [5.41, 5.74) is 1.33. The summed E-state index contributed by atoms with van der Waals surface area (Å²) in [7, 11) is 0. The van der Waals surface area contributed by atoms with Gasteiger partial charge in [0.05, 0.1) is 6.54 Å². The molecule has 1 aliphatic rings. The standard InChI is InChI=1S/C18H25N5O2/c1-13-11-23(12-15-6-4-3-5-7-15)9-8-16(13)21-18(24)19-10-17-20-14(2)25-22-17/h3-7,13,16H,8-12H2,1-2H3,(H2,19,21,24)/t13-,16+/m0/s1. The molecule has 3 rings (SSSR count). The minimum atomic E-state index is -0.184. The zero-order valence-corrected chi connectivity index (χ0v) is 14.7. The van der Waals surface area contributed by atoms with Crippen LogP contribution in [0.1, 0.15) is 30.6 Å². The van der Waals surface area contributed by atoms with Crippen molar-refractivity contribution in [2.45, 2.75) is 39.4 Å². The van der Waals surface area contributed by atoms with Gasteiger partial charge in [-0.1, -0.05) is 42.4 Å². The van der Waals surface area contributed by atoms with Gasteiger partial charge in [-0.25, -0.2) is 4.79 Å². The van der Waals surface area contributed by atoms with E-state index in [2.05, 4.69) is 56.9 Å². The number of carbonyl (C=O) groups excluding carboxylic acids is 1. The smallest absolute Gasteiger partial charge is 0.315 e. The first-order valence-corrected chi connectivity index (χ1v) is 8.70. The molecule has 1 aromatic heterocycles. The van der Waals surface area contributed by atoms with Crippen LogP contribution in [0.25, 0.3) is 0 Å². The van der Waals surface area contributed by atoms with Gasteiger partial charge in [0.1, 0.15) is 0 Å². The van der Waals surface area contributed by atoms with Crippen LogP contribution >= 0.6 is 0 Å². The lowest BCUT2D eigenvalue weighted by atomic mass is 9.93. The number of carbonyl (C=O) groups is 1. The second-order valence-corrected chi connectivity index (χ2v) is 6.65. The number of aromatic nitrogens is 2. The molecule has 1 saturated heterocycles. The lowest BCUT2D eigenvalue weighted by Crippen LogP contribution is -2.52. The minimum Gasteiger partial charge on any atom is -0.340 e. The number of urea groups is 1. The van der Waals surface area contributed by atoms with E-state index >= 15 is 0 Å². The molecule has 0 spiro atoms. The summed E-state index contributed by atoms with van der Waals surface area (Å²) in [6.45, 7) is 7.09. The highest BCUT2D eigenvalue weighted by molar-refractivity contribution is 5.74. The molecule has 2 N–H and O–H groups in total. The number of rotatable bonds is 5. The van der Waals surface area contributed by atoms with E-state index in [0.717, 1.165) is 26.1 Å². The van der Waals surface area contributed by atoms with Crippen molar-refractivity contribution in [2.24, 2.45) is 5.92 Å². The topological polar surface area (TPSA) is 83.3 Å². The molecule has 2 aromatic rings. The van der Waals surface area contributed by atoms with Crippen LogP contribution in [0, 0.1) is 12.8 Å². The van der Waals surface area contributed by atoms with Gasteiger partial charge in [0.15, 0.2) is 5.82 Å². The predicted molar refractivity (Wildman–Crippen MR) is 93.7 cm³/mol. The third kappa shape index (κ3) is 5.03. The largest absolute Gasteiger partial charge is 0.340 e. The molecule has 0 unspecified atom stereocenters. The van der Waals surface area contributed by atoms with E-state index in [-0.39, 0.29) is 18.6 Å². The Labute approximate surface area is 147 Å². The molecule has 7 heteroatoms. The molecule has 1 aromatic carbocycles. The van der Waals surface area contributed by atoms with Crippen molar-refractivity contribution in [3.8, 4) is 0 Å². The van der Waals surface area contributed by atoms with Gasteiger partial charge in [-0.05, 0) is 17.9 Å². The second-order valence-electron chi connectivity index (χ2n) is 6.65. The number of hydrogen-bond acceptors (Lipinski definition) is 5. The van der Waals surface area contributed by atoms with E-state index in [4.69, 9.17) is 4.52 Å². The number of piperidine rings is 1. The van der Waals surface area contributed by atoms with Gasteiger partial charge in [-0.15, -0.1) is 0 Å². The lowest BCUT2D eigenvalue weighted by molar-refractivity contribution is 0.142. The van der Waals surface area contributed by atoms with Crippen molar-refractivity contribution in [1.29, 1.82) is 0 Å². The first-order valence-electron chi connectivity index (χ1n) is 8.70. The van der Waals surface area contributed by atoms with Crippen LogP contribution in [0.4, 0.5) is 4.79 Å². The van der Waals surface area contributed by atoms with E-state index in [9.17, 15) is 4.79 Å². The summed E-state index contributed by atoms with van der Waals surface area (Å²) in [5, 5.41) is 9.61. The first kappa shape index (κ1) is 17.4. The minimum absolute atomic E-state index is 0.180. The van der Waals surface area contributed by atoms with E-state index in [1.807, 2.05) is 6.07 Å². The average molecular weight is 343 g/mol. The van der Waals surface area contributed by atoms with E-state index in [1.54, 1.807) is 6.92 Å². The molecule has 2 atom stereocenters. The van der Waals surface area contributed by atoms with Crippen molar-refractivity contribution < 1.29 is 9.32 Å². The molecule has 7 nitrogen and oxygen atoms in total. The number of aryl methyl sites for hydroxylation is 1. The fourth-order valence-electron chi connectivity index (χ4n) is 3.22. The third-order valence-electron chi connectivity index (χ3n) is 4.53. The van der Waals surface area contributed by atoms with Gasteiger partial charge < -0.3 is 15.2 Å². The number of nitrogens with one attached hydrogen (secondary N) is 2. The molecule has 0 bridgehead atoms. The van der Waals surface area contributed by atoms with Crippen molar-refractivity contribution in [2.75, 3.05) is 13.1 Å². The zero-order valence-electron chi connectivity index (χ0n) is 14.7. The molecule has 1 fully saturated rings. The Bertz CT molecular complexity index is 688. The molecule has 134 valence electrons. The molecule has 25 heavy (non-hydrogen) atoms. The first-order chi connectivity index (χ1) is 12.1. The van der Waals surface area contributed by atoms with Crippen molar-refractivity contribution in [3.05, 3.63) is 47.6 Å². The Morgan fingerprint density at radius 3 is 2.84 bits per heavy atom. The lowest BCUT2D eigenvalue weighted by Gasteiger charge is -2.37. The van der Waals surface area contributed by atoms with Gasteiger partial charge in [0.25, 0.3) is 0 Å². The number of nitrogens with zero attached hydrogens (tertiary/aromatic N) is 3. The summed E-state index contributed by atoms with van der Waals surface area (Å²) >= 11 is 0. The number of hydrogen-bond donors (Lipinski definition) is 2. The van der Waals surface area contributed by atoms with Crippen LogP contribution in [-0.2, 0) is 13.1 Å². The zero-order chi connectivity index (χ0) is 17.6. The van der Waals surface area contributed by atoms with E-state index < -0.39 is 0 Å². The van der Waals surface area contributed by atoms with Gasteiger partial charge in [-0.2, -0.15) is 4.98 Å². The Balaban J connectivity index is 1.42. The van der Waals surface area contributed by atoms with Crippen molar-refractivity contribution >= 4 is 6.03 Å². The fourth-order valence-corrected chi connectivity index (χ4v) is 3.22. The highest BCUT2D eigenvalue weighted by Gasteiger charge is 2.27. The van der Waals surface area contributed by atoms with Crippen molar-refractivity contribution in [1.82, 2.24) is 25.7 Å². The molecule has 0 saturated carbocycles. The van der Waals surface area contributed by atoms with Gasteiger partial charge in [0, 0.05) is 32.6 Å². The Morgan fingerprint density at radius 2 is 2.16 bits per heavy atom. The molecule has 0 aliphatic carbocycles. The number of amides is 2. The van der Waals surface area contributed by atoms with Crippen LogP contribution in [0.5, 0.6) is 0 Å². The highest BCUT2D eigenvalue weighted by Crippen LogP contribution is 2.18. The predicted octanol–water partition coefficient (Wildman–Crippen LogP) is 2.09. The Morgan fingerprint density at radius 1 is 1.36 bits per heavy atom. The van der Waals surface area contributed by atoms with Crippen LogP contribution in [0.3, 0.4) is 0 Å². The summed E-state index contributed by atoms with van der Waals surface area (Å²) in [6.07, 6.45) is 0.947. The average Bonchev–Trinajstić information content (AvgIpc) is 3.02. The number of benzene rings is 1. The van der Waals surface area contributed by atoms with Gasteiger partial charge in [0.2, 0.25) is 5.89 Å². The summed E-state index contributed by atoms with van der Waals surface area (Å²) in [5.74, 6) is 1.38. The van der Waals surface area contributed by atoms with E-state index in [1.165, 1.54) is 5.56 Å². The fraction of sp³-hybridized carbons (Fsp3) is 0.500. The van der Waals surface area contributed by atoms with Crippen LogP contribution in [0.15, 0.2) is 34.9 Å². The van der Waals surface area contributed by atoms with Gasteiger partial charge >= 0.3 is 6.03 Å². The molecule has 1 aliphatic heterocycles. The number of likely N-dealkylation sites (tertiary alicyclic amines) is 1. The molecule has 2 amide bonds. The normalized spacial score (nSPS) is 21.0. The third-order valence-corrected chi connectivity index (χ3v) is 4.53. The maximum atomic E-state index is 12.1. The molecular formula is C18H25N5O2. The van der Waals surface area contributed by atoms with Crippen LogP contribution < -0.4 is 10.6 Å². The van der Waals surface area contributed by atoms with E-state index in [0.29, 0.717) is 17.6 Å². The monoisotopic (exact) mass is 343 g/mol. The van der Waals surface area contributed by atoms with Crippen LogP contribution in [-0.4, -0.2) is 40.2 Å². The molecule has 0 radical (unpaired) electrons. The maximum Gasteiger partial charge on any atom is 0.315 e. The Hall–Kier alpha value is -2.41. The summed E-state index contributed by atoms with van der Waals surface area (Å²) < 4.78 is 4.89. The highest BCUT2D eigenvalue weighted by atomic mass is 16.5. The quantitative estimate of drug-likeness (QED) is 0.868. The summed E-state index contributed by atoms with van der Waals surface area (Å²) in [6, 6.07) is 10.5. The van der Waals surface area contributed by atoms with Crippen molar-refractivity contribution in [3.63, 3.8) is 0 Å². The Kier molecular flexibility index (Phi) is 5.65. The van der Waals surface area contributed by atoms with Gasteiger partial charge in [-0.3, -0.25) is 4.90 Å². The second kappa shape index (κ2) is 8.11. The van der Waals surface area contributed by atoms with Crippen LogP contribution in [0.2, 0.25) is 0 Å². The molecule has 2 heterocycles. The summed E-state index contributed by atoms with van der Waals surface area (Å²) in [4.78, 5) is 18.6. The molecular weight excluding hydrogens is 318 g/mol.